The number of nitrogens with zero attached hydrogens (tertiary/aromatic N) is 3. The summed E-state index contributed by atoms with van der Waals surface area (Å²) in [5.74, 6) is 0.591. The van der Waals surface area contributed by atoms with Crippen LogP contribution in [0.3, 0.4) is 0 Å². The molecular weight excluding hydrogens is 294 g/mol. The Kier molecular flexibility index (Phi) is 5.26. The molecule has 3 rings (SSSR count). The Hall–Kier alpha value is -1.20. The standard InChI is InChI=1S/C17H25N3OS/c1-14-18-16(13-22-14)12-19-8-5-9-20(11-10-19)17(21)15-6-3-2-4-7-15/h2-3,13,15H,4-12H2,1H3/t15-/m1/s1. The third kappa shape index (κ3) is 3.96. The van der Waals surface area contributed by atoms with Gasteiger partial charge >= 0.3 is 0 Å². The van der Waals surface area contributed by atoms with Gasteiger partial charge in [0.25, 0.3) is 0 Å². The molecule has 0 unspecified atom stereocenters. The van der Waals surface area contributed by atoms with Gasteiger partial charge in [0.2, 0.25) is 5.91 Å². The van der Waals surface area contributed by atoms with Gasteiger partial charge in [-0.05, 0) is 32.6 Å². The number of allylic oxidation sites excluding steroid dienone is 2. The molecule has 0 radical (unpaired) electrons. The largest absolute Gasteiger partial charge is 0.341 e. The molecule has 22 heavy (non-hydrogen) atoms. The van der Waals surface area contributed by atoms with E-state index >= 15 is 0 Å². The summed E-state index contributed by atoms with van der Waals surface area (Å²) in [7, 11) is 0. The Morgan fingerprint density at radius 1 is 1.32 bits per heavy atom. The molecule has 0 spiro atoms. The second-order valence-electron chi connectivity index (χ2n) is 6.29. The van der Waals surface area contributed by atoms with Gasteiger partial charge in [-0.1, -0.05) is 12.2 Å². The average molecular weight is 319 g/mol. The van der Waals surface area contributed by atoms with Crippen LogP contribution in [0.2, 0.25) is 0 Å². The van der Waals surface area contributed by atoms with Crippen LogP contribution in [0, 0.1) is 12.8 Å². The Bertz CT molecular complexity index is 540. The highest BCUT2D eigenvalue weighted by molar-refractivity contribution is 7.09. The molecule has 1 atom stereocenters. The molecule has 1 aromatic heterocycles. The van der Waals surface area contributed by atoms with Crippen LogP contribution >= 0.6 is 11.3 Å². The Balaban J connectivity index is 1.53. The lowest BCUT2D eigenvalue weighted by molar-refractivity contribution is -0.135. The van der Waals surface area contributed by atoms with E-state index in [9.17, 15) is 4.79 Å². The summed E-state index contributed by atoms with van der Waals surface area (Å²) < 4.78 is 0. The maximum Gasteiger partial charge on any atom is 0.226 e. The van der Waals surface area contributed by atoms with Gasteiger partial charge in [0.1, 0.15) is 0 Å². The fourth-order valence-corrected chi connectivity index (χ4v) is 3.94. The minimum absolute atomic E-state index is 0.220. The zero-order valence-electron chi connectivity index (χ0n) is 13.3. The molecule has 120 valence electrons. The fourth-order valence-electron chi connectivity index (χ4n) is 3.34. The molecule has 0 bridgehead atoms. The zero-order valence-corrected chi connectivity index (χ0v) is 14.1. The first-order valence-electron chi connectivity index (χ1n) is 8.29. The SMILES string of the molecule is Cc1nc(CN2CCCN(C(=O)[C@@H]3CC=CCC3)CC2)cs1. The fraction of sp³-hybridized carbons (Fsp3) is 0.647. The molecule has 0 saturated carbocycles. The summed E-state index contributed by atoms with van der Waals surface area (Å²) in [6.07, 6.45) is 8.44. The van der Waals surface area contributed by atoms with Gasteiger partial charge in [-0.25, -0.2) is 4.98 Å². The molecule has 0 N–H and O–H groups in total. The maximum absolute atomic E-state index is 12.6. The lowest BCUT2D eigenvalue weighted by Gasteiger charge is -2.27. The van der Waals surface area contributed by atoms with E-state index in [4.69, 9.17) is 0 Å². The monoisotopic (exact) mass is 319 g/mol. The van der Waals surface area contributed by atoms with Crippen LogP contribution in [-0.4, -0.2) is 46.9 Å². The topological polar surface area (TPSA) is 36.4 Å². The summed E-state index contributed by atoms with van der Waals surface area (Å²) in [4.78, 5) is 21.7. The molecule has 1 amide bonds. The van der Waals surface area contributed by atoms with E-state index in [-0.39, 0.29) is 5.92 Å². The summed E-state index contributed by atoms with van der Waals surface area (Å²) in [5.41, 5.74) is 1.17. The van der Waals surface area contributed by atoms with Gasteiger partial charge in [-0.3, -0.25) is 9.69 Å². The van der Waals surface area contributed by atoms with E-state index in [1.165, 1.54) is 5.69 Å². The minimum Gasteiger partial charge on any atom is -0.341 e. The molecule has 5 heteroatoms. The van der Waals surface area contributed by atoms with Crippen molar-refractivity contribution in [3.8, 4) is 0 Å². The van der Waals surface area contributed by atoms with Gasteiger partial charge in [-0.2, -0.15) is 0 Å². The van der Waals surface area contributed by atoms with E-state index in [0.717, 1.165) is 63.4 Å². The third-order valence-corrected chi connectivity index (χ3v) is 5.39. The molecule has 2 aliphatic rings. The maximum atomic E-state index is 12.6. The van der Waals surface area contributed by atoms with Gasteiger partial charge in [0.05, 0.1) is 10.7 Å². The summed E-state index contributed by atoms with van der Waals surface area (Å²) in [6.45, 7) is 6.76. The van der Waals surface area contributed by atoms with Gasteiger partial charge < -0.3 is 4.90 Å². The van der Waals surface area contributed by atoms with E-state index < -0.39 is 0 Å². The number of rotatable bonds is 3. The molecular formula is C17H25N3OS. The van der Waals surface area contributed by atoms with Crippen molar-refractivity contribution in [2.24, 2.45) is 5.92 Å². The van der Waals surface area contributed by atoms with Crippen LogP contribution in [0.15, 0.2) is 17.5 Å². The summed E-state index contributed by atoms with van der Waals surface area (Å²) >= 11 is 1.71. The first-order chi connectivity index (χ1) is 10.7. The van der Waals surface area contributed by atoms with Crippen molar-refractivity contribution in [1.82, 2.24) is 14.8 Å². The van der Waals surface area contributed by atoms with Crippen molar-refractivity contribution in [3.63, 3.8) is 0 Å². The van der Waals surface area contributed by atoms with E-state index in [0.29, 0.717) is 5.91 Å². The first-order valence-corrected chi connectivity index (χ1v) is 9.17. The number of carbonyl (C=O) groups excluding carboxylic acids is 1. The van der Waals surface area contributed by atoms with Crippen molar-refractivity contribution >= 4 is 17.2 Å². The quantitative estimate of drug-likeness (QED) is 0.804. The second kappa shape index (κ2) is 7.38. The zero-order chi connectivity index (χ0) is 15.4. The van der Waals surface area contributed by atoms with Crippen LogP contribution in [-0.2, 0) is 11.3 Å². The Labute approximate surface area is 136 Å². The number of aromatic nitrogens is 1. The van der Waals surface area contributed by atoms with E-state index in [2.05, 4.69) is 39.2 Å². The number of aryl methyl sites for hydroxylation is 1. The summed E-state index contributed by atoms with van der Waals surface area (Å²) in [6, 6.07) is 0. The Morgan fingerprint density at radius 3 is 2.95 bits per heavy atom. The van der Waals surface area contributed by atoms with Crippen molar-refractivity contribution < 1.29 is 4.79 Å². The predicted molar refractivity (Wildman–Crippen MR) is 89.8 cm³/mol. The highest BCUT2D eigenvalue weighted by Crippen LogP contribution is 2.21. The Morgan fingerprint density at radius 2 is 2.23 bits per heavy atom. The van der Waals surface area contributed by atoms with Crippen LogP contribution in [0.5, 0.6) is 0 Å². The molecule has 2 heterocycles. The lowest BCUT2D eigenvalue weighted by atomic mass is 9.93. The van der Waals surface area contributed by atoms with Gasteiger partial charge in [0, 0.05) is 44.0 Å². The molecule has 4 nitrogen and oxygen atoms in total. The number of thiazole rings is 1. The number of carbonyl (C=O) groups is 1. The smallest absolute Gasteiger partial charge is 0.226 e. The first kappa shape index (κ1) is 15.7. The van der Waals surface area contributed by atoms with Crippen LogP contribution in [0.4, 0.5) is 0 Å². The molecule has 0 aromatic carbocycles. The molecule has 1 aliphatic heterocycles. The van der Waals surface area contributed by atoms with Crippen molar-refractivity contribution in [1.29, 1.82) is 0 Å². The van der Waals surface area contributed by atoms with Gasteiger partial charge in [0.15, 0.2) is 0 Å². The number of hydrogen-bond acceptors (Lipinski definition) is 4. The molecule has 1 fully saturated rings. The molecule has 1 aliphatic carbocycles. The normalized spacial score (nSPS) is 23.5. The highest BCUT2D eigenvalue weighted by atomic mass is 32.1. The molecule has 1 aromatic rings. The third-order valence-electron chi connectivity index (χ3n) is 4.57. The van der Waals surface area contributed by atoms with Crippen molar-refractivity contribution in [2.45, 2.75) is 39.2 Å². The van der Waals surface area contributed by atoms with E-state index in [1.807, 2.05) is 0 Å². The number of amides is 1. The lowest BCUT2D eigenvalue weighted by Crippen LogP contribution is -2.39. The predicted octanol–water partition coefficient (Wildman–Crippen LogP) is 2.84. The molecule has 1 saturated heterocycles. The van der Waals surface area contributed by atoms with Crippen LogP contribution < -0.4 is 0 Å². The number of hydrogen-bond donors (Lipinski definition) is 0. The summed E-state index contributed by atoms with van der Waals surface area (Å²) in [5, 5.41) is 3.28. The van der Waals surface area contributed by atoms with Crippen molar-refractivity contribution in [2.75, 3.05) is 26.2 Å². The van der Waals surface area contributed by atoms with Crippen LogP contribution in [0.25, 0.3) is 0 Å². The highest BCUT2D eigenvalue weighted by Gasteiger charge is 2.26. The van der Waals surface area contributed by atoms with Gasteiger partial charge in [-0.15, -0.1) is 11.3 Å². The minimum atomic E-state index is 0.220. The second-order valence-corrected chi connectivity index (χ2v) is 7.36. The van der Waals surface area contributed by atoms with E-state index in [1.54, 1.807) is 11.3 Å². The van der Waals surface area contributed by atoms with Crippen LogP contribution in [0.1, 0.15) is 36.4 Å². The van der Waals surface area contributed by atoms with Crippen molar-refractivity contribution in [3.05, 3.63) is 28.2 Å². The average Bonchev–Trinajstić information content (AvgIpc) is 2.81.